The number of ether oxygens (including phenoxy) is 1. The van der Waals surface area contributed by atoms with E-state index in [1.54, 1.807) is 75.9 Å². The lowest BCUT2D eigenvalue weighted by Gasteiger charge is -2.28. The van der Waals surface area contributed by atoms with Crippen LogP contribution in [0, 0.1) is 28.9 Å². The van der Waals surface area contributed by atoms with Crippen LogP contribution >= 0.6 is 0 Å². The van der Waals surface area contributed by atoms with E-state index < -0.39 is 28.9 Å². The summed E-state index contributed by atoms with van der Waals surface area (Å²) < 4.78 is 35.8. The standard InChI is InChI=1S/C35H37F2N3O4/c1-34(2,3)44-33(42)39-31-24-10-13-30(31)40(19-24)32(41)22-9-12-25(26-11-6-20(14-29(26)37)17-35(4,5)43)27(15-22)21-7-8-23(18-38)28(36)16-21/h6-9,11-12,14-16,24,30-31,43H,10,13,17,19H2,1-5H3,(H,39,42). The molecule has 3 atom stereocenters. The lowest BCUT2D eigenvalue weighted by atomic mass is 9.90. The van der Waals surface area contributed by atoms with Gasteiger partial charge in [0, 0.05) is 24.1 Å². The van der Waals surface area contributed by atoms with Gasteiger partial charge in [-0.25, -0.2) is 13.6 Å². The smallest absolute Gasteiger partial charge is 0.407 e. The molecule has 2 amide bonds. The highest BCUT2D eigenvalue weighted by Crippen LogP contribution is 2.40. The summed E-state index contributed by atoms with van der Waals surface area (Å²) in [6, 6.07) is 15.2. The average Bonchev–Trinajstić information content (AvgIpc) is 3.47. The normalized spacial score (nSPS) is 19.5. The van der Waals surface area contributed by atoms with Crippen molar-refractivity contribution in [3.05, 3.63) is 82.9 Å². The number of piperidine rings is 1. The molecule has 1 heterocycles. The van der Waals surface area contributed by atoms with Crippen LogP contribution in [-0.4, -0.2) is 51.8 Å². The van der Waals surface area contributed by atoms with Gasteiger partial charge in [-0.05, 0) is 106 Å². The van der Waals surface area contributed by atoms with Crippen molar-refractivity contribution < 1.29 is 28.2 Å². The van der Waals surface area contributed by atoms with Crippen molar-refractivity contribution in [3.63, 3.8) is 0 Å². The van der Waals surface area contributed by atoms with Gasteiger partial charge in [-0.15, -0.1) is 0 Å². The van der Waals surface area contributed by atoms with Crippen LogP contribution in [0.25, 0.3) is 22.3 Å². The summed E-state index contributed by atoms with van der Waals surface area (Å²) in [6.45, 7) is 9.15. The Morgan fingerprint density at radius 2 is 1.70 bits per heavy atom. The fourth-order valence-electron chi connectivity index (χ4n) is 6.37. The second-order valence-electron chi connectivity index (χ2n) is 13.4. The number of benzene rings is 3. The van der Waals surface area contributed by atoms with Crippen LogP contribution in [0.3, 0.4) is 0 Å². The van der Waals surface area contributed by atoms with Gasteiger partial charge in [-0.1, -0.05) is 24.3 Å². The third-order valence-corrected chi connectivity index (χ3v) is 8.16. The Balaban J connectivity index is 1.49. The molecule has 2 fully saturated rings. The fraction of sp³-hybridized carbons (Fsp3) is 0.400. The minimum atomic E-state index is -1.02. The van der Waals surface area contributed by atoms with Gasteiger partial charge in [-0.3, -0.25) is 4.79 Å². The van der Waals surface area contributed by atoms with Gasteiger partial charge in [0.15, 0.2) is 0 Å². The molecule has 1 aliphatic heterocycles. The maximum absolute atomic E-state index is 15.5. The number of hydrogen-bond donors (Lipinski definition) is 2. The molecule has 9 heteroatoms. The predicted molar refractivity (Wildman–Crippen MR) is 163 cm³/mol. The van der Waals surface area contributed by atoms with Crippen LogP contribution in [0.15, 0.2) is 54.6 Å². The van der Waals surface area contributed by atoms with E-state index in [9.17, 15) is 24.3 Å². The second-order valence-corrected chi connectivity index (χ2v) is 13.4. The number of amides is 2. The lowest BCUT2D eigenvalue weighted by Crippen LogP contribution is -2.46. The van der Waals surface area contributed by atoms with Crippen molar-refractivity contribution in [2.24, 2.45) is 5.92 Å². The molecule has 3 aromatic carbocycles. The van der Waals surface area contributed by atoms with Crippen LogP contribution < -0.4 is 5.32 Å². The molecule has 1 saturated heterocycles. The number of alkyl carbamates (subject to hydrolysis) is 1. The number of nitrogens with zero attached hydrogens (tertiary/aromatic N) is 2. The average molecular weight is 602 g/mol. The quantitative estimate of drug-likeness (QED) is 0.331. The van der Waals surface area contributed by atoms with E-state index in [4.69, 9.17) is 4.74 Å². The molecule has 2 bridgehead atoms. The van der Waals surface area contributed by atoms with Crippen LogP contribution in [0.2, 0.25) is 0 Å². The molecule has 5 rings (SSSR count). The number of rotatable bonds is 6. The van der Waals surface area contributed by atoms with Gasteiger partial charge >= 0.3 is 6.09 Å². The Kier molecular flexibility index (Phi) is 8.25. The molecule has 3 aromatic rings. The number of nitrogens with one attached hydrogen (secondary N) is 1. The molecule has 1 saturated carbocycles. The Hall–Kier alpha value is -4.29. The number of aliphatic hydroxyl groups is 1. The van der Waals surface area contributed by atoms with E-state index in [0.29, 0.717) is 34.4 Å². The first-order valence-electron chi connectivity index (χ1n) is 14.8. The van der Waals surface area contributed by atoms with Crippen molar-refractivity contribution in [2.45, 2.75) is 77.2 Å². The summed E-state index contributed by atoms with van der Waals surface area (Å²) in [6.07, 6.45) is 1.36. The summed E-state index contributed by atoms with van der Waals surface area (Å²) in [5.41, 5.74) is 0.704. The highest BCUT2D eigenvalue weighted by atomic mass is 19.1. The molecule has 2 N–H and O–H groups in total. The van der Waals surface area contributed by atoms with E-state index in [1.807, 2.05) is 6.07 Å². The van der Waals surface area contributed by atoms with E-state index in [1.165, 1.54) is 18.2 Å². The largest absolute Gasteiger partial charge is 0.444 e. The number of likely N-dealkylation sites (tertiary alicyclic amines) is 1. The summed E-state index contributed by atoms with van der Waals surface area (Å²) in [4.78, 5) is 28.2. The Bertz CT molecular complexity index is 1650. The van der Waals surface area contributed by atoms with Crippen molar-refractivity contribution in [3.8, 4) is 28.3 Å². The Morgan fingerprint density at radius 1 is 0.977 bits per heavy atom. The van der Waals surface area contributed by atoms with Crippen LogP contribution in [0.1, 0.15) is 68.9 Å². The molecule has 2 aliphatic rings. The summed E-state index contributed by atoms with van der Waals surface area (Å²) in [5, 5.41) is 22.4. The molecule has 7 nitrogen and oxygen atoms in total. The summed E-state index contributed by atoms with van der Waals surface area (Å²) in [5.74, 6) is -1.38. The number of fused-ring (bicyclic) bond motifs is 2. The minimum Gasteiger partial charge on any atom is -0.444 e. The zero-order chi connectivity index (χ0) is 32.0. The molecular formula is C35H37F2N3O4. The third-order valence-electron chi connectivity index (χ3n) is 8.16. The SMILES string of the molecule is CC(C)(O)Cc1ccc(-c2ccc(C(=O)N3CC4CCC3C4NC(=O)OC(C)(C)C)cc2-c2ccc(C#N)c(F)c2)c(F)c1. The van der Waals surface area contributed by atoms with Crippen LogP contribution in [0.5, 0.6) is 0 Å². The van der Waals surface area contributed by atoms with Crippen molar-refractivity contribution >= 4 is 12.0 Å². The molecular weight excluding hydrogens is 564 g/mol. The highest BCUT2D eigenvalue weighted by Gasteiger charge is 2.49. The molecule has 3 unspecified atom stereocenters. The zero-order valence-corrected chi connectivity index (χ0v) is 25.6. The van der Waals surface area contributed by atoms with Gasteiger partial charge in [0.1, 0.15) is 23.3 Å². The van der Waals surface area contributed by atoms with Gasteiger partial charge < -0.3 is 20.1 Å². The predicted octanol–water partition coefficient (Wildman–Crippen LogP) is 6.61. The topological polar surface area (TPSA) is 103 Å². The summed E-state index contributed by atoms with van der Waals surface area (Å²) >= 11 is 0. The maximum atomic E-state index is 15.5. The highest BCUT2D eigenvalue weighted by molar-refractivity contribution is 5.98. The number of nitriles is 1. The minimum absolute atomic E-state index is 0.0966. The first-order valence-corrected chi connectivity index (χ1v) is 14.8. The molecule has 230 valence electrons. The molecule has 1 aliphatic carbocycles. The second kappa shape index (κ2) is 11.7. The first-order chi connectivity index (χ1) is 20.6. The Morgan fingerprint density at radius 3 is 2.34 bits per heavy atom. The first kappa shape index (κ1) is 31.1. The third kappa shape index (κ3) is 6.61. The van der Waals surface area contributed by atoms with Crippen molar-refractivity contribution in [1.82, 2.24) is 10.2 Å². The van der Waals surface area contributed by atoms with Gasteiger partial charge in [0.05, 0.1) is 23.2 Å². The Labute approximate surface area is 256 Å². The van der Waals surface area contributed by atoms with E-state index in [0.717, 1.165) is 12.8 Å². The van der Waals surface area contributed by atoms with E-state index >= 15 is 4.39 Å². The zero-order valence-electron chi connectivity index (χ0n) is 25.6. The maximum Gasteiger partial charge on any atom is 0.407 e. The van der Waals surface area contributed by atoms with Gasteiger partial charge in [-0.2, -0.15) is 5.26 Å². The number of halogens is 2. The molecule has 0 radical (unpaired) electrons. The van der Waals surface area contributed by atoms with Crippen LogP contribution in [-0.2, 0) is 11.2 Å². The van der Waals surface area contributed by atoms with Gasteiger partial charge in [0.2, 0.25) is 0 Å². The number of hydrogen-bond acceptors (Lipinski definition) is 5. The van der Waals surface area contributed by atoms with Gasteiger partial charge in [0.25, 0.3) is 5.91 Å². The summed E-state index contributed by atoms with van der Waals surface area (Å²) in [7, 11) is 0. The lowest BCUT2D eigenvalue weighted by molar-refractivity contribution is 0.0485. The van der Waals surface area contributed by atoms with E-state index in [2.05, 4.69) is 5.32 Å². The van der Waals surface area contributed by atoms with Crippen molar-refractivity contribution in [1.29, 1.82) is 5.26 Å². The van der Waals surface area contributed by atoms with Crippen molar-refractivity contribution in [2.75, 3.05) is 6.54 Å². The molecule has 44 heavy (non-hydrogen) atoms. The van der Waals surface area contributed by atoms with Crippen LogP contribution in [0.4, 0.5) is 13.6 Å². The number of carbonyl (C=O) groups is 2. The molecule has 0 spiro atoms. The number of carbonyl (C=O) groups excluding carboxylic acids is 2. The fourth-order valence-corrected chi connectivity index (χ4v) is 6.37. The monoisotopic (exact) mass is 601 g/mol. The van der Waals surface area contributed by atoms with E-state index in [-0.39, 0.29) is 41.5 Å². The molecule has 0 aromatic heterocycles.